The van der Waals surface area contributed by atoms with Gasteiger partial charge in [-0.1, -0.05) is 12.1 Å². The third-order valence-electron chi connectivity index (χ3n) is 2.30. The molecule has 1 amide bonds. The second-order valence-corrected chi connectivity index (χ2v) is 5.00. The van der Waals surface area contributed by atoms with E-state index in [4.69, 9.17) is 5.11 Å². The number of carboxylic acids is 1. The van der Waals surface area contributed by atoms with Crippen molar-refractivity contribution in [3.63, 3.8) is 0 Å². The molecule has 0 saturated carbocycles. The Morgan fingerprint density at radius 3 is 2.47 bits per heavy atom. The molecule has 0 bridgehead atoms. The summed E-state index contributed by atoms with van der Waals surface area (Å²) < 4.78 is 1.15. The Labute approximate surface area is 114 Å². The summed E-state index contributed by atoms with van der Waals surface area (Å²) in [7, 11) is 0. The Morgan fingerprint density at radius 2 is 1.94 bits per heavy atom. The first-order valence-electron chi connectivity index (χ1n) is 5.25. The zero-order valence-electron chi connectivity index (χ0n) is 9.44. The number of rotatable bonds is 5. The average molecular weight is 347 g/mol. The van der Waals surface area contributed by atoms with Gasteiger partial charge >= 0.3 is 5.97 Å². The molecule has 92 valence electrons. The summed E-state index contributed by atoms with van der Waals surface area (Å²) in [5, 5.41) is 11.1. The lowest BCUT2D eigenvalue weighted by Gasteiger charge is -2.09. The van der Waals surface area contributed by atoms with Crippen LogP contribution < -0.4 is 5.32 Å². The van der Waals surface area contributed by atoms with E-state index in [-0.39, 0.29) is 5.91 Å². The number of hydrogen-bond acceptors (Lipinski definition) is 2. The first-order chi connectivity index (χ1) is 7.99. The maximum atomic E-state index is 11.4. The summed E-state index contributed by atoms with van der Waals surface area (Å²) in [5.74, 6) is -1.26. The first kappa shape index (κ1) is 14.0. The van der Waals surface area contributed by atoms with Crippen LogP contribution in [-0.4, -0.2) is 23.0 Å². The number of aliphatic carboxylic acids is 1. The van der Waals surface area contributed by atoms with Crippen LogP contribution in [0.15, 0.2) is 24.3 Å². The Kier molecular flexibility index (Phi) is 5.40. The molecule has 0 saturated heterocycles. The Bertz CT molecular complexity index is 403. The minimum absolute atomic E-state index is 0.238. The van der Waals surface area contributed by atoms with Crippen LogP contribution in [0.25, 0.3) is 0 Å². The SMILES string of the molecule is C[C@H](NC(=O)CCc1ccc(I)cc1)C(=O)O. The molecule has 0 fully saturated rings. The van der Waals surface area contributed by atoms with Crippen LogP contribution in [0.4, 0.5) is 0 Å². The van der Waals surface area contributed by atoms with Gasteiger partial charge in [0.2, 0.25) is 5.91 Å². The summed E-state index contributed by atoms with van der Waals surface area (Å²) in [6, 6.07) is 7.06. The van der Waals surface area contributed by atoms with Gasteiger partial charge in [-0.25, -0.2) is 0 Å². The molecule has 0 aliphatic carbocycles. The lowest BCUT2D eigenvalue weighted by Crippen LogP contribution is -2.38. The van der Waals surface area contributed by atoms with E-state index in [2.05, 4.69) is 27.9 Å². The molecule has 5 heteroatoms. The molecule has 1 aromatic carbocycles. The summed E-state index contributed by atoms with van der Waals surface area (Å²) in [4.78, 5) is 22.0. The minimum Gasteiger partial charge on any atom is -0.480 e. The number of carboxylic acid groups (broad SMARTS) is 1. The van der Waals surface area contributed by atoms with E-state index in [1.807, 2.05) is 24.3 Å². The second-order valence-electron chi connectivity index (χ2n) is 3.75. The van der Waals surface area contributed by atoms with Crippen molar-refractivity contribution in [3.8, 4) is 0 Å². The smallest absolute Gasteiger partial charge is 0.325 e. The molecule has 1 rings (SSSR count). The van der Waals surface area contributed by atoms with Crippen molar-refractivity contribution in [3.05, 3.63) is 33.4 Å². The number of carbonyl (C=O) groups is 2. The molecule has 0 heterocycles. The third-order valence-corrected chi connectivity index (χ3v) is 3.02. The average Bonchev–Trinajstić information content (AvgIpc) is 2.28. The van der Waals surface area contributed by atoms with Crippen LogP contribution >= 0.6 is 22.6 Å². The molecular weight excluding hydrogens is 333 g/mol. The monoisotopic (exact) mass is 347 g/mol. The molecule has 0 unspecified atom stereocenters. The van der Waals surface area contributed by atoms with E-state index in [1.54, 1.807) is 0 Å². The normalized spacial score (nSPS) is 11.9. The van der Waals surface area contributed by atoms with Crippen molar-refractivity contribution in [2.75, 3.05) is 0 Å². The van der Waals surface area contributed by atoms with Crippen LogP contribution in [0.1, 0.15) is 18.9 Å². The fourth-order valence-electron chi connectivity index (χ4n) is 1.28. The Morgan fingerprint density at radius 1 is 1.35 bits per heavy atom. The zero-order chi connectivity index (χ0) is 12.8. The van der Waals surface area contributed by atoms with Crippen LogP contribution in [0.5, 0.6) is 0 Å². The highest BCUT2D eigenvalue weighted by molar-refractivity contribution is 14.1. The highest BCUT2D eigenvalue weighted by Crippen LogP contribution is 2.08. The number of nitrogens with one attached hydrogen (secondary N) is 1. The van der Waals surface area contributed by atoms with Crippen molar-refractivity contribution >= 4 is 34.5 Å². The van der Waals surface area contributed by atoms with Crippen molar-refractivity contribution < 1.29 is 14.7 Å². The lowest BCUT2D eigenvalue weighted by molar-refractivity contribution is -0.141. The van der Waals surface area contributed by atoms with E-state index < -0.39 is 12.0 Å². The number of carbonyl (C=O) groups excluding carboxylic acids is 1. The molecule has 0 aromatic heterocycles. The van der Waals surface area contributed by atoms with Gasteiger partial charge in [-0.05, 0) is 53.6 Å². The summed E-state index contributed by atoms with van der Waals surface area (Å²) >= 11 is 2.22. The lowest BCUT2D eigenvalue weighted by atomic mass is 10.1. The Balaban J connectivity index is 2.38. The highest BCUT2D eigenvalue weighted by atomic mass is 127. The van der Waals surface area contributed by atoms with Gasteiger partial charge in [-0.3, -0.25) is 9.59 Å². The van der Waals surface area contributed by atoms with E-state index in [1.165, 1.54) is 6.92 Å². The molecule has 4 nitrogen and oxygen atoms in total. The van der Waals surface area contributed by atoms with Gasteiger partial charge in [0.25, 0.3) is 0 Å². The van der Waals surface area contributed by atoms with E-state index in [9.17, 15) is 9.59 Å². The largest absolute Gasteiger partial charge is 0.480 e. The first-order valence-corrected chi connectivity index (χ1v) is 6.33. The maximum Gasteiger partial charge on any atom is 0.325 e. The number of aryl methyl sites for hydroxylation is 1. The fraction of sp³-hybridized carbons (Fsp3) is 0.333. The molecule has 1 atom stereocenters. The fourth-order valence-corrected chi connectivity index (χ4v) is 1.64. The molecule has 0 spiro atoms. The zero-order valence-corrected chi connectivity index (χ0v) is 11.6. The van der Waals surface area contributed by atoms with E-state index in [0.717, 1.165) is 9.13 Å². The number of amides is 1. The molecule has 17 heavy (non-hydrogen) atoms. The van der Waals surface area contributed by atoms with Gasteiger partial charge < -0.3 is 10.4 Å². The van der Waals surface area contributed by atoms with Gasteiger partial charge in [0.1, 0.15) is 6.04 Å². The Hall–Kier alpha value is -1.11. The predicted octanol–water partition coefficient (Wildman–Crippen LogP) is 1.81. The highest BCUT2D eigenvalue weighted by Gasteiger charge is 2.13. The summed E-state index contributed by atoms with van der Waals surface area (Å²) in [5.41, 5.74) is 1.07. The summed E-state index contributed by atoms with van der Waals surface area (Å²) in [6.07, 6.45) is 0.924. The predicted molar refractivity (Wildman–Crippen MR) is 72.7 cm³/mol. The number of benzene rings is 1. The molecule has 2 N–H and O–H groups in total. The van der Waals surface area contributed by atoms with Crippen molar-refractivity contribution in [2.24, 2.45) is 0 Å². The van der Waals surface area contributed by atoms with Crippen LogP contribution in [-0.2, 0) is 16.0 Å². The molecule has 0 radical (unpaired) electrons. The molecular formula is C12H14INO3. The van der Waals surface area contributed by atoms with Gasteiger partial charge in [0.05, 0.1) is 0 Å². The van der Waals surface area contributed by atoms with Gasteiger partial charge in [-0.2, -0.15) is 0 Å². The standard InChI is InChI=1S/C12H14INO3/c1-8(12(16)17)14-11(15)7-4-9-2-5-10(13)6-3-9/h2-3,5-6,8H,4,7H2,1H3,(H,14,15)(H,16,17)/t8-/m0/s1. The van der Waals surface area contributed by atoms with E-state index >= 15 is 0 Å². The summed E-state index contributed by atoms with van der Waals surface area (Å²) in [6.45, 7) is 1.45. The number of hydrogen-bond donors (Lipinski definition) is 2. The van der Waals surface area contributed by atoms with Crippen LogP contribution in [0, 0.1) is 3.57 Å². The third kappa shape index (κ3) is 5.16. The minimum atomic E-state index is -1.02. The molecule has 0 aliphatic rings. The molecule has 0 aliphatic heterocycles. The van der Waals surface area contributed by atoms with Gasteiger partial charge in [-0.15, -0.1) is 0 Å². The van der Waals surface area contributed by atoms with Crippen molar-refractivity contribution in [1.29, 1.82) is 0 Å². The second kappa shape index (κ2) is 6.58. The maximum absolute atomic E-state index is 11.4. The quantitative estimate of drug-likeness (QED) is 0.799. The number of halogens is 1. The molecule has 1 aromatic rings. The van der Waals surface area contributed by atoms with Crippen molar-refractivity contribution in [1.82, 2.24) is 5.32 Å². The van der Waals surface area contributed by atoms with Crippen LogP contribution in [0.2, 0.25) is 0 Å². The van der Waals surface area contributed by atoms with E-state index in [0.29, 0.717) is 12.8 Å². The van der Waals surface area contributed by atoms with Crippen molar-refractivity contribution in [2.45, 2.75) is 25.8 Å². The van der Waals surface area contributed by atoms with Gasteiger partial charge in [0.15, 0.2) is 0 Å². The topological polar surface area (TPSA) is 66.4 Å². The van der Waals surface area contributed by atoms with Crippen LogP contribution in [0.3, 0.4) is 0 Å². The van der Waals surface area contributed by atoms with Gasteiger partial charge in [0, 0.05) is 9.99 Å².